The van der Waals surface area contributed by atoms with E-state index in [2.05, 4.69) is 39.2 Å². The fraction of sp³-hybridized carbons (Fsp3) is 0.641. The molecule has 3 aliphatic heterocycles. The highest BCUT2D eigenvalue weighted by Crippen LogP contribution is 2.59. The van der Waals surface area contributed by atoms with Crippen molar-refractivity contribution in [2.24, 2.45) is 17.3 Å². The van der Waals surface area contributed by atoms with Crippen molar-refractivity contribution in [3.8, 4) is 0 Å². The van der Waals surface area contributed by atoms with E-state index in [9.17, 15) is 24.3 Å². The molecule has 10 heteroatoms. The van der Waals surface area contributed by atoms with Gasteiger partial charge in [-0.05, 0) is 69.8 Å². The van der Waals surface area contributed by atoms with Crippen LogP contribution in [0, 0.1) is 17.3 Å². The van der Waals surface area contributed by atoms with E-state index in [-0.39, 0.29) is 42.7 Å². The van der Waals surface area contributed by atoms with Crippen molar-refractivity contribution in [2.75, 3.05) is 26.2 Å². The summed E-state index contributed by atoms with van der Waals surface area (Å²) in [5, 5.41) is 12.3. The van der Waals surface area contributed by atoms with Gasteiger partial charge in [-0.2, -0.15) is 0 Å². The molecule has 0 aliphatic carbocycles. The summed E-state index contributed by atoms with van der Waals surface area (Å²) in [6, 6.07) is 8.31. The van der Waals surface area contributed by atoms with Crippen molar-refractivity contribution in [1.29, 1.82) is 0 Å². The zero-order chi connectivity index (χ0) is 36.0. The number of fused-ring (bicyclic) bond motifs is 1. The Kier molecular flexibility index (Phi) is 12.5. The number of amides is 3. The molecular formula is C39H57N3O7. The number of hydrogen-bond acceptors (Lipinski definition) is 7. The van der Waals surface area contributed by atoms with Crippen LogP contribution in [0.1, 0.15) is 97.7 Å². The van der Waals surface area contributed by atoms with E-state index in [0.29, 0.717) is 51.6 Å². The molecule has 4 rings (SSSR count). The van der Waals surface area contributed by atoms with Gasteiger partial charge in [0.2, 0.25) is 17.7 Å². The Labute approximate surface area is 292 Å². The number of ether oxygens (including phenoxy) is 2. The zero-order valence-electron chi connectivity index (χ0n) is 30.1. The Morgan fingerprint density at radius 3 is 2.47 bits per heavy atom. The molecule has 3 amide bonds. The van der Waals surface area contributed by atoms with E-state index < -0.39 is 47.2 Å². The van der Waals surface area contributed by atoms with Gasteiger partial charge in [0.1, 0.15) is 17.7 Å². The Morgan fingerprint density at radius 1 is 1.12 bits per heavy atom. The molecule has 3 heterocycles. The van der Waals surface area contributed by atoms with E-state index in [1.165, 1.54) is 0 Å². The first-order valence-electron chi connectivity index (χ1n) is 17.9. The lowest BCUT2D eigenvalue weighted by Gasteiger charge is -2.45. The number of carbonyl (C=O) groups excluding carboxylic acids is 4. The minimum atomic E-state index is -1.17. The highest BCUT2D eigenvalue weighted by molar-refractivity contribution is 5.98. The zero-order valence-corrected chi connectivity index (χ0v) is 30.1. The third-order valence-electron chi connectivity index (χ3n) is 10.1. The Hall–Kier alpha value is -3.50. The molecule has 49 heavy (non-hydrogen) atoms. The average Bonchev–Trinajstić information content (AvgIpc) is 3.69. The molecule has 0 unspecified atom stereocenters. The first-order chi connectivity index (χ1) is 23.2. The fourth-order valence-electron chi connectivity index (χ4n) is 8.46. The number of nitrogens with zero attached hydrogens (tertiary/aromatic N) is 2. The predicted octanol–water partition coefficient (Wildman–Crippen LogP) is 5.12. The van der Waals surface area contributed by atoms with Crippen molar-refractivity contribution < 1.29 is 33.8 Å². The molecule has 270 valence electrons. The summed E-state index contributed by atoms with van der Waals surface area (Å²) in [5.41, 5.74) is -1.08. The van der Waals surface area contributed by atoms with Crippen LogP contribution in [-0.2, 0) is 28.7 Å². The topological polar surface area (TPSA) is 125 Å². The maximum atomic E-state index is 14.9. The molecule has 0 aromatic heterocycles. The molecule has 3 fully saturated rings. The molecule has 2 N–H and O–H groups in total. The number of hydrogen-bond donors (Lipinski definition) is 2. The van der Waals surface area contributed by atoms with Crippen LogP contribution in [0.25, 0.3) is 0 Å². The molecule has 6 atom stereocenters. The maximum Gasteiger partial charge on any atom is 0.313 e. The van der Waals surface area contributed by atoms with Crippen LogP contribution in [-0.4, -0.2) is 88.1 Å². The first-order valence-corrected chi connectivity index (χ1v) is 17.9. The van der Waals surface area contributed by atoms with E-state index >= 15 is 0 Å². The second kappa shape index (κ2) is 16.0. The van der Waals surface area contributed by atoms with Gasteiger partial charge < -0.3 is 29.7 Å². The predicted molar refractivity (Wildman–Crippen MR) is 188 cm³/mol. The Bertz CT molecular complexity index is 1360. The standard InChI is InChI=1S/C39H57N3O7/c1-8-10-19-30(44)40-25-29(27-17-13-11-14-18-27)48-36(47)31-28-20-21-39(49-28)32(31)34(45)41(23-15-12-16-24-43)33(39)35(46)42(22-9-2)38(6,7)26-37(3,4)5/h8-9,11,13-14,17-18,28-29,31-33,43H,1-2,10,12,15-16,19-26H2,3-7H3,(H,40,44)/t28-,29+,31+,32+,33-,39+/m0/s1. The molecule has 1 spiro atoms. The smallest absolute Gasteiger partial charge is 0.313 e. The Balaban J connectivity index is 1.67. The molecule has 3 aliphatic rings. The first kappa shape index (κ1) is 38.3. The molecule has 0 saturated carbocycles. The van der Waals surface area contributed by atoms with Crippen molar-refractivity contribution in [3.63, 3.8) is 0 Å². The summed E-state index contributed by atoms with van der Waals surface area (Å²) in [7, 11) is 0. The second-order valence-corrected chi connectivity index (χ2v) is 15.6. The van der Waals surface area contributed by atoms with Gasteiger partial charge >= 0.3 is 5.97 Å². The van der Waals surface area contributed by atoms with E-state index in [1.807, 2.05) is 49.1 Å². The third-order valence-corrected chi connectivity index (χ3v) is 10.1. The molecule has 1 aromatic carbocycles. The van der Waals surface area contributed by atoms with Crippen molar-refractivity contribution in [1.82, 2.24) is 15.1 Å². The van der Waals surface area contributed by atoms with Crippen LogP contribution < -0.4 is 5.32 Å². The lowest BCUT2D eigenvalue weighted by molar-refractivity contribution is -0.160. The molecule has 10 nitrogen and oxygen atoms in total. The number of allylic oxidation sites excluding steroid dienone is 1. The molecule has 2 bridgehead atoms. The van der Waals surface area contributed by atoms with Gasteiger partial charge in [0, 0.05) is 31.7 Å². The normalized spacial score (nSPS) is 25.1. The van der Waals surface area contributed by atoms with Crippen LogP contribution in [0.5, 0.6) is 0 Å². The summed E-state index contributed by atoms with van der Waals surface area (Å²) in [6.45, 7) is 18.9. The van der Waals surface area contributed by atoms with E-state index in [1.54, 1.807) is 17.1 Å². The number of aliphatic hydroxyl groups excluding tert-OH is 1. The van der Waals surface area contributed by atoms with Crippen LogP contribution >= 0.6 is 0 Å². The molecule has 1 aromatic rings. The van der Waals surface area contributed by atoms with Gasteiger partial charge in [-0.15, -0.1) is 13.2 Å². The van der Waals surface area contributed by atoms with Crippen LogP contribution in [0.4, 0.5) is 0 Å². The molecular weight excluding hydrogens is 622 g/mol. The second-order valence-electron chi connectivity index (χ2n) is 15.6. The summed E-state index contributed by atoms with van der Waals surface area (Å²) < 4.78 is 12.9. The van der Waals surface area contributed by atoms with Crippen LogP contribution in [0.15, 0.2) is 55.6 Å². The number of benzene rings is 1. The maximum absolute atomic E-state index is 14.9. The molecule has 3 saturated heterocycles. The van der Waals surface area contributed by atoms with Gasteiger partial charge in [0.05, 0.1) is 24.5 Å². The SMILES string of the molecule is C=CCCC(=O)NC[C@@H](OC(=O)[C@@H]1[C@@H]2CC[C@]3(O2)[C@H](C(=O)N(CC=C)C(C)(C)CC(C)(C)C)N(CCCCCO)C(=O)[C@@H]13)c1ccccc1. The van der Waals surface area contributed by atoms with Crippen LogP contribution in [0.2, 0.25) is 0 Å². The quantitative estimate of drug-likeness (QED) is 0.125. The lowest BCUT2D eigenvalue weighted by atomic mass is 9.70. The average molecular weight is 680 g/mol. The fourth-order valence-corrected chi connectivity index (χ4v) is 8.46. The monoisotopic (exact) mass is 679 g/mol. The van der Waals surface area contributed by atoms with Crippen molar-refractivity contribution in [3.05, 3.63) is 61.2 Å². The number of likely N-dealkylation sites (tertiary alicyclic amines) is 1. The number of rotatable bonds is 18. The minimum absolute atomic E-state index is 0.0486. The largest absolute Gasteiger partial charge is 0.455 e. The van der Waals surface area contributed by atoms with Gasteiger partial charge in [-0.3, -0.25) is 19.2 Å². The van der Waals surface area contributed by atoms with Crippen molar-refractivity contribution in [2.45, 2.75) is 115 Å². The number of unbranched alkanes of at least 4 members (excludes halogenated alkanes) is 2. The summed E-state index contributed by atoms with van der Waals surface area (Å²) >= 11 is 0. The third kappa shape index (κ3) is 8.46. The highest BCUT2D eigenvalue weighted by Gasteiger charge is 2.75. The van der Waals surface area contributed by atoms with Gasteiger partial charge in [-0.1, -0.05) is 63.3 Å². The minimum Gasteiger partial charge on any atom is -0.455 e. The van der Waals surface area contributed by atoms with E-state index in [4.69, 9.17) is 9.47 Å². The number of esters is 1. The Morgan fingerprint density at radius 2 is 1.84 bits per heavy atom. The van der Waals surface area contributed by atoms with Gasteiger partial charge in [-0.25, -0.2) is 0 Å². The highest BCUT2D eigenvalue weighted by atomic mass is 16.6. The summed E-state index contributed by atoms with van der Waals surface area (Å²) in [6.07, 6.45) is 6.45. The van der Waals surface area contributed by atoms with Gasteiger partial charge in [0.25, 0.3) is 0 Å². The molecule has 0 radical (unpaired) electrons. The number of aliphatic hydroxyl groups is 1. The number of nitrogens with one attached hydrogen (secondary N) is 1. The van der Waals surface area contributed by atoms with Gasteiger partial charge in [0.15, 0.2) is 0 Å². The van der Waals surface area contributed by atoms with Crippen LogP contribution in [0.3, 0.4) is 0 Å². The summed E-state index contributed by atoms with van der Waals surface area (Å²) in [5.74, 6) is -2.98. The van der Waals surface area contributed by atoms with E-state index in [0.717, 1.165) is 12.0 Å². The van der Waals surface area contributed by atoms with Crippen molar-refractivity contribution >= 4 is 23.7 Å². The summed E-state index contributed by atoms with van der Waals surface area (Å²) in [4.78, 5) is 59.6. The number of carbonyl (C=O) groups is 4. The lowest BCUT2D eigenvalue weighted by Crippen LogP contribution is -2.61.